The molecule has 132 valence electrons. The Morgan fingerprint density at radius 3 is 2.76 bits per heavy atom. The van der Waals surface area contributed by atoms with E-state index in [0.717, 1.165) is 28.6 Å². The van der Waals surface area contributed by atoms with Gasteiger partial charge in [-0.2, -0.15) is 0 Å². The molecule has 0 saturated heterocycles. The summed E-state index contributed by atoms with van der Waals surface area (Å²) in [6, 6.07) is 9.09. The van der Waals surface area contributed by atoms with Gasteiger partial charge in [0.2, 0.25) is 0 Å². The van der Waals surface area contributed by atoms with E-state index < -0.39 is 6.04 Å². The molecule has 1 aromatic carbocycles. The lowest BCUT2D eigenvalue weighted by Gasteiger charge is -2.33. The summed E-state index contributed by atoms with van der Waals surface area (Å²) in [6.07, 6.45) is 0.805. The van der Waals surface area contributed by atoms with Crippen LogP contribution in [0.2, 0.25) is 0 Å². The summed E-state index contributed by atoms with van der Waals surface area (Å²) in [5.74, 6) is -0.609. The molecule has 0 aliphatic carbocycles. The van der Waals surface area contributed by atoms with E-state index in [9.17, 15) is 9.59 Å². The van der Waals surface area contributed by atoms with Crippen molar-refractivity contribution in [3.05, 3.63) is 50.8 Å². The molecule has 0 radical (unpaired) electrons. The van der Waals surface area contributed by atoms with Crippen LogP contribution in [0.5, 0.6) is 5.06 Å². The highest BCUT2D eigenvalue weighted by Crippen LogP contribution is 2.37. The highest BCUT2D eigenvalue weighted by molar-refractivity contribution is 9.10. The molecule has 0 amide bonds. The smallest absolute Gasteiger partial charge is 0.327 e. The zero-order valence-electron chi connectivity index (χ0n) is 14.0. The zero-order valence-corrected chi connectivity index (χ0v) is 16.4. The molecule has 2 heterocycles. The monoisotopic (exact) mass is 423 g/mol. The lowest BCUT2D eigenvalue weighted by atomic mass is 10.0. The summed E-state index contributed by atoms with van der Waals surface area (Å²) in [5, 5.41) is 0.606. The molecule has 3 rings (SSSR count). The van der Waals surface area contributed by atoms with Gasteiger partial charge in [0, 0.05) is 29.4 Å². The van der Waals surface area contributed by atoms with Gasteiger partial charge in [-0.25, -0.2) is 4.79 Å². The zero-order chi connectivity index (χ0) is 18.0. The highest BCUT2D eigenvalue weighted by Gasteiger charge is 2.33. The quantitative estimate of drug-likeness (QED) is 0.701. The van der Waals surface area contributed by atoms with Crippen LogP contribution in [0.1, 0.15) is 29.0 Å². The summed E-state index contributed by atoms with van der Waals surface area (Å²) in [6.45, 7) is 2.73. The maximum Gasteiger partial charge on any atom is 0.327 e. The fraction of sp³-hybridized carbons (Fsp3) is 0.333. The van der Waals surface area contributed by atoms with Crippen LogP contribution < -0.4 is 4.74 Å². The topological polar surface area (TPSA) is 55.8 Å². The maximum absolute atomic E-state index is 12.5. The number of thiophene rings is 1. The first-order chi connectivity index (χ1) is 12.0. The molecule has 0 N–H and O–H groups in total. The summed E-state index contributed by atoms with van der Waals surface area (Å²) in [7, 11) is 1.41. The summed E-state index contributed by atoms with van der Waals surface area (Å²) in [5.41, 5.74) is 1.97. The molecule has 1 atom stereocenters. The van der Waals surface area contributed by atoms with Crippen LogP contribution in [0.3, 0.4) is 0 Å². The highest BCUT2D eigenvalue weighted by atomic mass is 79.9. The van der Waals surface area contributed by atoms with E-state index in [4.69, 9.17) is 9.47 Å². The fourth-order valence-electron chi connectivity index (χ4n) is 3.02. The lowest BCUT2D eigenvalue weighted by molar-refractivity contribution is -0.147. The molecule has 0 spiro atoms. The van der Waals surface area contributed by atoms with Crippen molar-refractivity contribution in [2.75, 3.05) is 13.7 Å². The predicted octanol–water partition coefficient (Wildman–Crippen LogP) is 3.71. The van der Waals surface area contributed by atoms with Crippen molar-refractivity contribution >= 4 is 39.2 Å². The second kappa shape index (κ2) is 7.68. The molecular weight excluding hydrogens is 406 g/mol. The van der Waals surface area contributed by atoms with Crippen LogP contribution in [-0.4, -0.2) is 30.5 Å². The van der Waals surface area contributed by atoms with E-state index in [-0.39, 0.29) is 11.9 Å². The van der Waals surface area contributed by atoms with E-state index >= 15 is 0 Å². The molecule has 0 bridgehead atoms. The van der Waals surface area contributed by atoms with Crippen LogP contribution in [0, 0.1) is 0 Å². The Balaban J connectivity index is 1.89. The third-order valence-electron chi connectivity index (χ3n) is 4.11. The second-order valence-electron chi connectivity index (χ2n) is 5.78. The summed E-state index contributed by atoms with van der Waals surface area (Å²) >= 11 is 5.03. The van der Waals surface area contributed by atoms with E-state index in [2.05, 4.69) is 20.8 Å². The standard InChI is InChI=1S/C18H18BrNO4S/c1-11(21)24-16-9-12-10-20(8-7-15(12)25-16)17(18(22)23-2)13-5-3-4-6-14(13)19/h3-6,9,17H,7-8,10H2,1-2H3. The van der Waals surface area contributed by atoms with E-state index in [1.165, 1.54) is 30.2 Å². The van der Waals surface area contributed by atoms with Gasteiger partial charge in [-0.1, -0.05) is 34.1 Å². The van der Waals surface area contributed by atoms with E-state index in [1.807, 2.05) is 30.3 Å². The Kier molecular flexibility index (Phi) is 5.56. The summed E-state index contributed by atoms with van der Waals surface area (Å²) in [4.78, 5) is 26.9. The van der Waals surface area contributed by atoms with E-state index in [1.54, 1.807) is 0 Å². The number of hydrogen-bond acceptors (Lipinski definition) is 6. The van der Waals surface area contributed by atoms with Gasteiger partial charge in [-0.15, -0.1) is 11.3 Å². The molecule has 7 heteroatoms. The van der Waals surface area contributed by atoms with Gasteiger partial charge in [-0.05, 0) is 29.7 Å². The minimum atomic E-state index is -0.481. The van der Waals surface area contributed by atoms with E-state index in [0.29, 0.717) is 11.6 Å². The van der Waals surface area contributed by atoms with Gasteiger partial charge in [0.1, 0.15) is 6.04 Å². The molecule has 2 aromatic rings. The molecule has 25 heavy (non-hydrogen) atoms. The number of methoxy groups -OCH3 is 1. The van der Waals surface area contributed by atoms with Crippen LogP contribution >= 0.6 is 27.3 Å². The van der Waals surface area contributed by atoms with Crippen molar-refractivity contribution in [2.24, 2.45) is 0 Å². The third-order valence-corrected chi connectivity index (χ3v) is 5.94. The Morgan fingerprint density at radius 1 is 1.32 bits per heavy atom. The lowest BCUT2D eigenvalue weighted by Crippen LogP contribution is -2.38. The van der Waals surface area contributed by atoms with Crippen LogP contribution in [0.4, 0.5) is 0 Å². The van der Waals surface area contributed by atoms with Gasteiger partial charge < -0.3 is 9.47 Å². The number of esters is 2. The van der Waals surface area contributed by atoms with Gasteiger partial charge in [-0.3, -0.25) is 9.69 Å². The third kappa shape index (κ3) is 3.94. The first-order valence-corrected chi connectivity index (χ1v) is 9.47. The van der Waals surface area contributed by atoms with Gasteiger partial charge in [0.15, 0.2) is 5.06 Å². The molecule has 0 saturated carbocycles. The Hall–Kier alpha value is -1.70. The first-order valence-electron chi connectivity index (χ1n) is 7.86. The number of benzene rings is 1. The van der Waals surface area contributed by atoms with Gasteiger partial charge in [0.25, 0.3) is 0 Å². The number of carbonyl (C=O) groups is 2. The predicted molar refractivity (Wildman–Crippen MR) is 98.6 cm³/mol. The SMILES string of the molecule is COC(=O)C(c1ccccc1Br)N1CCc2sc(OC(C)=O)cc2C1. The average Bonchev–Trinajstić information content (AvgIpc) is 2.97. The normalized spacial score (nSPS) is 15.3. The molecule has 5 nitrogen and oxygen atoms in total. The molecule has 1 aromatic heterocycles. The number of fused-ring (bicyclic) bond motifs is 1. The molecule has 1 aliphatic heterocycles. The number of rotatable bonds is 4. The van der Waals surface area contributed by atoms with Crippen LogP contribution in [0.15, 0.2) is 34.8 Å². The first kappa shape index (κ1) is 18.1. The number of carbonyl (C=O) groups excluding carboxylic acids is 2. The second-order valence-corrected chi connectivity index (χ2v) is 7.73. The minimum Gasteiger partial charge on any atom is -0.468 e. The molecular formula is C18H18BrNO4S. The molecule has 1 aliphatic rings. The number of nitrogens with zero attached hydrogens (tertiary/aromatic N) is 1. The van der Waals surface area contributed by atoms with Gasteiger partial charge in [0.05, 0.1) is 7.11 Å². The Morgan fingerprint density at radius 2 is 2.08 bits per heavy atom. The number of halogens is 1. The van der Waals surface area contributed by atoms with Gasteiger partial charge >= 0.3 is 11.9 Å². The van der Waals surface area contributed by atoms with Crippen molar-refractivity contribution in [1.29, 1.82) is 0 Å². The minimum absolute atomic E-state index is 0.286. The van der Waals surface area contributed by atoms with Crippen molar-refractivity contribution in [3.8, 4) is 5.06 Å². The number of hydrogen-bond donors (Lipinski definition) is 0. The van der Waals surface area contributed by atoms with Crippen molar-refractivity contribution in [1.82, 2.24) is 4.90 Å². The average molecular weight is 424 g/mol. The largest absolute Gasteiger partial charge is 0.468 e. The molecule has 0 fully saturated rings. The Labute approximate surface area is 158 Å². The van der Waals surface area contributed by atoms with Crippen LogP contribution in [-0.2, 0) is 27.3 Å². The number of ether oxygens (including phenoxy) is 2. The van der Waals surface area contributed by atoms with Crippen LogP contribution in [0.25, 0.3) is 0 Å². The van der Waals surface area contributed by atoms with Crippen molar-refractivity contribution in [2.45, 2.75) is 25.9 Å². The fourth-order valence-corrected chi connectivity index (χ4v) is 4.57. The van der Waals surface area contributed by atoms with Crippen molar-refractivity contribution in [3.63, 3.8) is 0 Å². The Bertz CT molecular complexity index is 804. The van der Waals surface area contributed by atoms with Crippen molar-refractivity contribution < 1.29 is 19.1 Å². The molecule has 1 unspecified atom stereocenters. The maximum atomic E-state index is 12.5. The summed E-state index contributed by atoms with van der Waals surface area (Å²) < 4.78 is 11.1.